The highest BCUT2D eigenvalue weighted by Crippen LogP contribution is 2.18. The van der Waals surface area contributed by atoms with Crippen molar-refractivity contribution in [1.29, 1.82) is 0 Å². The molecule has 2 aromatic carbocycles. The second-order valence-electron chi connectivity index (χ2n) is 5.07. The fraction of sp³-hybridized carbons (Fsp3) is 0.0526. The second kappa shape index (κ2) is 7.22. The summed E-state index contributed by atoms with van der Waals surface area (Å²) in [6.45, 7) is 0.490. The summed E-state index contributed by atoms with van der Waals surface area (Å²) in [5.74, 6) is 0. The maximum absolute atomic E-state index is 12.7. The van der Waals surface area contributed by atoms with Crippen molar-refractivity contribution in [3.8, 4) is 0 Å². The van der Waals surface area contributed by atoms with Crippen molar-refractivity contribution in [2.75, 3.05) is 10.2 Å². The third kappa shape index (κ3) is 3.95. The molecule has 2 amide bonds. The van der Waals surface area contributed by atoms with Crippen LogP contribution in [0.25, 0.3) is 0 Å². The van der Waals surface area contributed by atoms with E-state index in [1.165, 1.54) is 0 Å². The highest BCUT2D eigenvalue weighted by Gasteiger charge is 2.16. The molecular formula is C19H17N3O. The van der Waals surface area contributed by atoms with Crippen molar-refractivity contribution in [2.24, 2.45) is 0 Å². The van der Waals surface area contributed by atoms with E-state index in [2.05, 4.69) is 10.3 Å². The minimum Gasteiger partial charge on any atom is -0.308 e. The van der Waals surface area contributed by atoms with Gasteiger partial charge < -0.3 is 5.32 Å². The summed E-state index contributed by atoms with van der Waals surface area (Å²) >= 11 is 0. The Hall–Kier alpha value is -3.14. The number of pyridine rings is 1. The molecule has 1 N–H and O–H groups in total. The fourth-order valence-electron chi connectivity index (χ4n) is 2.28. The number of aromatic nitrogens is 1. The molecule has 1 aromatic heterocycles. The first-order chi connectivity index (χ1) is 11.3. The molecule has 4 nitrogen and oxygen atoms in total. The molecule has 0 aliphatic rings. The van der Waals surface area contributed by atoms with Crippen molar-refractivity contribution in [3.63, 3.8) is 0 Å². The maximum atomic E-state index is 12.7. The first-order valence-electron chi connectivity index (χ1n) is 7.40. The number of carbonyl (C=O) groups excluding carboxylic acids is 1. The van der Waals surface area contributed by atoms with Crippen LogP contribution in [0.15, 0.2) is 85.2 Å². The van der Waals surface area contributed by atoms with Crippen molar-refractivity contribution >= 4 is 17.4 Å². The van der Waals surface area contributed by atoms with Crippen molar-refractivity contribution < 1.29 is 4.79 Å². The van der Waals surface area contributed by atoms with E-state index in [1.54, 1.807) is 17.3 Å². The molecule has 0 bridgehead atoms. The Bertz CT molecular complexity index is 745. The predicted molar refractivity (Wildman–Crippen MR) is 92.3 cm³/mol. The lowest BCUT2D eigenvalue weighted by atomic mass is 10.2. The van der Waals surface area contributed by atoms with Crippen LogP contribution in [0.4, 0.5) is 16.2 Å². The minimum atomic E-state index is -0.175. The predicted octanol–water partition coefficient (Wildman–Crippen LogP) is 4.32. The molecule has 0 radical (unpaired) electrons. The molecule has 3 aromatic rings. The highest BCUT2D eigenvalue weighted by atomic mass is 16.2. The highest BCUT2D eigenvalue weighted by molar-refractivity contribution is 6.01. The van der Waals surface area contributed by atoms with Crippen LogP contribution in [0.3, 0.4) is 0 Å². The molecule has 0 saturated carbocycles. The van der Waals surface area contributed by atoms with Crippen LogP contribution < -0.4 is 10.2 Å². The van der Waals surface area contributed by atoms with Gasteiger partial charge in [0.1, 0.15) is 0 Å². The Morgan fingerprint density at radius 3 is 2.13 bits per heavy atom. The summed E-state index contributed by atoms with van der Waals surface area (Å²) in [4.78, 5) is 18.4. The van der Waals surface area contributed by atoms with Crippen LogP contribution >= 0.6 is 0 Å². The molecule has 3 rings (SSSR count). The third-order valence-electron chi connectivity index (χ3n) is 3.43. The van der Waals surface area contributed by atoms with Crippen LogP contribution in [0, 0.1) is 0 Å². The van der Waals surface area contributed by atoms with E-state index in [4.69, 9.17) is 0 Å². The fourth-order valence-corrected chi connectivity index (χ4v) is 2.28. The smallest absolute Gasteiger partial charge is 0.308 e. The van der Waals surface area contributed by atoms with Crippen LogP contribution in [0.1, 0.15) is 5.56 Å². The van der Waals surface area contributed by atoms with Gasteiger partial charge in [0.15, 0.2) is 0 Å². The van der Waals surface area contributed by atoms with E-state index < -0.39 is 0 Å². The van der Waals surface area contributed by atoms with E-state index >= 15 is 0 Å². The molecule has 1 heterocycles. The standard InChI is InChI=1S/C19H17N3O/c23-19(21-17-9-5-2-6-10-17)22(18-11-13-20-14-12-18)15-16-7-3-1-4-8-16/h1-14H,15H2,(H,21,23). The number of carbonyl (C=O) groups is 1. The SMILES string of the molecule is O=C(Nc1ccccc1)N(Cc1ccccc1)c1ccncc1. The van der Waals surface area contributed by atoms with Gasteiger partial charge in [-0.1, -0.05) is 48.5 Å². The van der Waals surface area contributed by atoms with E-state index in [-0.39, 0.29) is 6.03 Å². The van der Waals surface area contributed by atoms with Crippen molar-refractivity contribution in [1.82, 2.24) is 4.98 Å². The van der Waals surface area contributed by atoms with E-state index in [0.717, 1.165) is 16.9 Å². The zero-order valence-electron chi connectivity index (χ0n) is 12.6. The number of hydrogen-bond acceptors (Lipinski definition) is 2. The number of hydrogen-bond donors (Lipinski definition) is 1. The lowest BCUT2D eigenvalue weighted by molar-refractivity contribution is 0.256. The topological polar surface area (TPSA) is 45.2 Å². The van der Waals surface area contributed by atoms with Gasteiger partial charge in [0.25, 0.3) is 0 Å². The van der Waals surface area contributed by atoms with E-state index in [9.17, 15) is 4.79 Å². The Balaban J connectivity index is 1.84. The number of amides is 2. The first-order valence-corrected chi connectivity index (χ1v) is 7.40. The van der Waals surface area contributed by atoms with E-state index in [1.807, 2.05) is 72.8 Å². The summed E-state index contributed by atoms with van der Waals surface area (Å²) in [5, 5.41) is 2.93. The molecule has 0 atom stereocenters. The summed E-state index contributed by atoms with van der Waals surface area (Å²) in [7, 11) is 0. The van der Waals surface area contributed by atoms with Gasteiger partial charge in [-0.2, -0.15) is 0 Å². The van der Waals surface area contributed by atoms with Crippen LogP contribution in [-0.2, 0) is 6.54 Å². The zero-order chi connectivity index (χ0) is 15.9. The molecule has 0 unspecified atom stereocenters. The summed E-state index contributed by atoms with van der Waals surface area (Å²) < 4.78 is 0. The van der Waals surface area contributed by atoms with Gasteiger partial charge in [0.2, 0.25) is 0 Å². The van der Waals surface area contributed by atoms with Gasteiger partial charge in [0.05, 0.1) is 6.54 Å². The van der Waals surface area contributed by atoms with Gasteiger partial charge in [-0.25, -0.2) is 4.79 Å². The Morgan fingerprint density at radius 2 is 1.48 bits per heavy atom. The van der Waals surface area contributed by atoms with Gasteiger partial charge in [-0.05, 0) is 29.8 Å². The van der Waals surface area contributed by atoms with Gasteiger partial charge in [0, 0.05) is 23.8 Å². The lowest BCUT2D eigenvalue weighted by Gasteiger charge is -2.23. The molecule has 114 valence electrons. The molecule has 0 spiro atoms. The van der Waals surface area contributed by atoms with Crippen molar-refractivity contribution in [3.05, 3.63) is 90.8 Å². The quantitative estimate of drug-likeness (QED) is 0.780. The van der Waals surface area contributed by atoms with Gasteiger partial charge in [-0.15, -0.1) is 0 Å². The average Bonchev–Trinajstić information content (AvgIpc) is 2.62. The average molecular weight is 303 g/mol. The zero-order valence-corrected chi connectivity index (χ0v) is 12.6. The van der Waals surface area contributed by atoms with Crippen molar-refractivity contribution in [2.45, 2.75) is 6.54 Å². The summed E-state index contributed by atoms with van der Waals surface area (Å²) in [6.07, 6.45) is 3.37. The molecule has 0 aliphatic carbocycles. The Kier molecular flexibility index (Phi) is 4.64. The summed E-state index contributed by atoms with van der Waals surface area (Å²) in [6, 6.07) is 22.8. The number of anilines is 2. The van der Waals surface area contributed by atoms with E-state index in [0.29, 0.717) is 6.54 Å². The third-order valence-corrected chi connectivity index (χ3v) is 3.43. The Labute approximate surface area is 135 Å². The first kappa shape index (κ1) is 14.8. The summed E-state index contributed by atoms with van der Waals surface area (Å²) in [5.41, 5.74) is 2.63. The monoisotopic (exact) mass is 303 g/mol. The molecule has 23 heavy (non-hydrogen) atoms. The Morgan fingerprint density at radius 1 is 0.870 bits per heavy atom. The molecule has 4 heteroatoms. The second-order valence-corrected chi connectivity index (χ2v) is 5.07. The number of nitrogens with zero attached hydrogens (tertiary/aromatic N) is 2. The largest absolute Gasteiger partial charge is 0.326 e. The van der Waals surface area contributed by atoms with Crippen LogP contribution in [-0.4, -0.2) is 11.0 Å². The minimum absolute atomic E-state index is 0.175. The maximum Gasteiger partial charge on any atom is 0.326 e. The molecule has 0 fully saturated rings. The normalized spacial score (nSPS) is 10.1. The molecule has 0 aliphatic heterocycles. The van der Waals surface area contributed by atoms with Gasteiger partial charge >= 0.3 is 6.03 Å². The molecular weight excluding hydrogens is 286 g/mol. The number of para-hydroxylation sites is 1. The molecule has 0 saturated heterocycles. The number of rotatable bonds is 4. The lowest BCUT2D eigenvalue weighted by Crippen LogP contribution is -2.34. The van der Waals surface area contributed by atoms with Gasteiger partial charge in [-0.3, -0.25) is 9.88 Å². The van der Waals surface area contributed by atoms with Crippen LogP contribution in [0.5, 0.6) is 0 Å². The number of benzene rings is 2. The van der Waals surface area contributed by atoms with Crippen LogP contribution in [0.2, 0.25) is 0 Å². The number of nitrogens with one attached hydrogen (secondary N) is 1. The number of urea groups is 1.